The fraction of sp³-hybridized carbons (Fsp3) is 0.385. The Morgan fingerprint density at radius 2 is 1.91 bits per heavy atom. The molecule has 1 unspecified atom stereocenters. The zero-order chi connectivity index (χ0) is 25.5. The highest BCUT2D eigenvalue weighted by Crippen LogP contribution is 2.40. The Labute approximate surface area is 204 Å². The van der Waals surface area contributed by atoms with Gasteiger partial charge in [-0.3, -0.25) is 19.7 Å². The van der Waals surface area contributed by atoms with E-state index in [1.165, 1.54) is 30.2 Å². The third-order valence-electron chi connectivity index (χ3n) is 5.89. The minimum Gasteiger partial charge on any atom is -0.507 e. The highest BCUT2D eigenvalue weighted by Gasteiger charge is 2.46. The Bertz CT molecular complexity index is 1140. The molecule has 0 radical (unpaired) electrons. The van der Waals surface area contributed by atoms with Gasteiger partial charge in [0.05, 0.1) is 23.1 Å². The second-order valence-electron chi connectivity index (χ2n) is 8.37. The smallest absolute Gasteiger partial charge is 0.295 e. The summed E-state index contributed by atoms with van der Waals surface area (Å²) in [6.45, 7) is 5.02. The van der Waals surface area contributed by atoms with Crippen molar-refractivity contribution in [2.24, 2.45) is 0 Å². The monoisotopic (exact) mass is 482 g/mol. The Kier molecular flexibility index (Phi) is 8.59. The lowest BCUT2D eigenvalue weighted by Crippen LogP contribution is -2.31. The van der Waals surface area contributed by atoms with Gasteiger partial charge in [-0.2, -0.15) is 0 Å². The van der Waals surface area contributed by atoms with Crippen LogP contribution in [0.25, 0.3) is 5.76 Å². The summed E-state index contributed by atoms with van der Waals surface area (Å²) >= 11 is 0. The number of ketones is 1. The van der Waals surface area contributed by atoms with Crippen molar-refractivity contribution in [3.05, 3.63) is 74.8 Å². The minimum atomic E-state index is -0.965. The standard InChI is InChI=1S/C26H30N2O7/c1-4-5-14-35-21-11-10-19(15-17(21)2)24(29)22-23(18-8-6-9-20(16-18)28(32)33)27(12-7-13-34-3)26(31)25(22)30/h6,8-11,15-16,23,29H,4-5,7,12-14H2,1-3H3/b24-22+. The summed E-state index contributed by atoms with van der Waals surface area (Å²) in [5.41, 5.74) is 1.22. The third-order valence-corrected chi connectivity index (χ3v) is 5.89. The summed E-state index contributed by atoms with van der Waals surface area (Å²) in [6, 6.07) is 9.84. The number of unbranched alkanes of at least 4 members (excludes halogenated alkanes) is 1. The van der Waals surface area contributed by atoms with Crippen LogP contribution in [0.5, 0.6) is 5.75 Å². The van der Waals surface area contributed by atoms with Crippen LogP contribution < -0.4 is 4.74 Å². The number of ether oxygens (including phenoxy) is 2. The number of aliphatic hydroxyl groups is 1. The number of Topliss-reactive ketones (excluding diaryl/α,β-unsaturated/α-hetero) is 1. The quantitative estimate of drug-likeness (QED) is 0.125. The van der Waals surface area contributed by atoms with Gasteiger partial charge in [0.25, 0.3) is 17.4 Å². The summed E-state index contributed by atoms with van der Waals surface area (Å²) in [7, 11) is 1.53. The molecule has 9 heteroatoms. The maximum absolute atomic E-state index is 13.1. The second-order valence-corrected chi connectivity index (χ2v) is 8.37. The Hall–Kier alpha value is -3.72. The number of benzene rings is 2. The van der Waals surface area contributed by atoms with Crippen LogP contribution in [-0.2, 0) is 14.3 Å². The number of hydrogen-bond acceptors (Lipinski definition) is 7. The lowest BCUT2D eigenvalue weighted by Gasteiger charge is -2.25. The number of rotatable bonds is 11. The second kappa shape index (κ2) is 11.6. The number of hydrogen-bond donors (Lipinski definition) is 1. The first-order chi connectivity index (χ1) is 16.8. The van der Waals surface area contributed by atoms with Gasteiger partial charge in [-0.25, -0.2) is 0 Å². The first-order valence-corrected chi connectivity index (χ1v) is 11.6. The van der Waals surface area contributed by atoms with Crippen molar-refractivity contribution in [3.63, 3.8) is 0 Å². The molecule has 35 heavy (non-hydrogen) atoms. The van der Waals surface area contributed by atoms with E-state index in [0.29, 0.717) is 36.5 Å². The third kappa shape index (κ3) is 5.68. The van der Waals surface area contributed by atoms with Gasteiger partial charge in [-0.1, -0.05) is 25.5 Å². The number of nitrogens with zero attached hydrogens (tertiary/aromatic N) is 2. The van der Waals surface area contributed by atoms with Crippen molar-refractivity contribution in [1.29, 1.82) is 0 Å². The molecule has 1 aliphatic rings. The summed E-state index contributed by atoms with van der Waals surface area (Å²) in [5, 5.41) is 22.6. The molecule has 1 saturated heterocycles. The van der Waals surface area contributed by atoms with Crippen molar-refractivity contribution < 1.29 is 29.1 Å². The molecule has 0 bridgehead atoms. The molecule has 1 fully saturated rings. The van der Waals surface area contributed by atoms with E-state index in [1.807, 2.05) is 6.92 Å². The molecule has 2 aromatic carbocycles. The number of aliphatic hydroxyl groups excluding tert-OH is 1. The number of nitro benzene ring substituents is 1. The van der Waals surface area contributed by atoms with Gasteiger partial charge < -0.3 is 19.5 Å². The number of amides is 1. The zero-order valence-corrected chi connectivity index (χ0v) is 20.2. The van der Waals surface area contributed by atoms with Gasteiger partial charge in [0.1, 0.15) is 11.5 Å². The largest absolute Gasteiger partial charge is 0.507 e. The summed E-state index contributed by atoms with van der Waals surface area (Å²) in [4.78, 5) is 38.2. The molecule has 186 valence electrons. The van der Waals surface area contributed by atoms with Crippen LogP contribution in [-0.4, -0.2) is 53.5 Å². The molecule has 1 N–H and O–H groups in total. The van der Waals surface area contributed by atoms with Gasteiger partial charge in [-0.15, -0.1) is 0 Å². The van der Waals surface area contributed by atoms with E-state index in [1.54, 1.807) is 24.3 Å². The fourth-order valence-corrected chi connectivity index (χ4v) is 4.09. The molecule has 0 aliphatic carbocycles. The summed E-state index contributed by atoms with van der Waals surface area (Å²) in [5.74, 6) is -1.27. The molecular weight excluding hydrogens is 452 g/mol. The first-order valence-electron chi connectivity index (χ1n) is 11.6. The van der Waals surface area contributed by atoms with E-state index < -0.39 is 22.7 Å². The van der Waals surface area contributed by atoms with Gasteiger partial charge in [0.15, 0.2) is 0 Å². The van der Waals surface area contributed by atoms with Gasteiger partial charge in [0, 0.05) is 38.0 Å². The van der Waals surface area contributed by atoms with E-state index in [4.69, 9.17) is 9.47 Å². The van der Waals surface area contributed by atoms with Gasteiger partial charge >= 0.3 is 0 Å². The molecular formula is C26H30N2O7. The first kappa shape index (κ1) is 25.9. The molecule has 0 spiro atoms. The van der Waals surface area contributed by atoms with E-state index >= 15 is 0 Å². The predicted molar refractivity (Wildman–Crippen MR) is 130 cm³/mol. The van der Waals surface area contributed by atoms with Crippen LogP contribution in [0.2, 0.25) is 0 Å². The van der Waals surface area contributed by atoms with Crippen molar-refractivity contribution in [2.75, 3.05) is 26.9 Å². The van der Waals surface area contributed by atoms with Crippen LogP contribution in [0.3, 0.4) is 0 Å². The topological polar surface area (TPSA) is 119 Å². The minimum absolute atomic E-state index is 0.105. The number of likely N-dealkylation sites (tertiary alicyclic amines) is 1. The summed E-state index contributed by atoms with van der Waals surface area (Å²) < 4.78 is 10.8. The molecule has 3 rings (SSSR count). The van der Waals surface area contributed by atoms with Crippen molar-refractivity contribution in [2.45, 2.75) is 39.2 Å². The van der Waals surface area contributed by atoms with Crippen molar-refractivity contribution in [1.82, 2.24) is 4.90 Å². The van der Waals surface area contributed by atoms with E-state index in [-0.39, 0.29) is 23.6 Å². The van der Waals surface area contributed by atoms with Crippen LogP contribution >= 0.6 is 0 Å². The number of carbonyl (C=O) groups excluding carboxylic acids is 2. The highest BCUT2D eigenvalue weighted by atomic mass is 16.6. The number of nitro groups is 1. The molecule has 1 aliphatic heterocycles. The van der Waals surface area contributed by atoms with Crippen LogP contribution in [0.15, 0.2) is 48.0 Å². The van der Waals surface area contributed by atoms with E-state index in [0.717, 1.165) is 18.4 Å². The normalized spacial score (nSPS) is 17.1. The molecule has 9 nitrogen and oxygen atoms in total. The summed E-state index contributed by atoms with van der Waals surface area (Å²) in [6.07, 6.45) is 2.37. The Morgan fingerprint density at radius 3 is 2.57 bits per heavy atom. The molecule has 0 aromatic heterocycles. The molecule has 1 atom stereocenters. The SMILES string of the molecule is CCCCOc1ccc(/C(O)=C2\C(=O)C(=O)N(CCCOC)C2c2cccc([N+](=O)[O-])c2)cc1C. The maximum atomic E-state index is 13.1. The molecule has 2 aromatic rings. The van der Waals surface area contributed by atoms with Gasteiger partial charge in [-0.05, 0) is 49.1 Å². The average molecular weight is 483 g/mol. The van der Waals surface area contributed by atoms with Crippen LogP contribution in [0.4, 0.5) is 5.69 Å². The maximum Gasteiger partial charge on any atom is 0.295 e. The Morgan fingerprint density at radius 1 is 1.14 bits per heavy atom. The van der Waals surface area contributed by atoms with Crippen molar-refractivity contribution >= 4 is 23.1 Å². The number of non-ortho nitro benzene ring substituents is 1. The number of methoxy groups -OCH3 is 1. The molecule has 0 saturated carbocycles. The fourth-order valence-electron chi connectivity index (χ4n) is 4.09. The van der Waals surface area contributed by atoms with Crippen molar-refractivity contribution in [3.8, 4) is 5.75 Å². The number of aryl methyl sites for hydroxylation is 1. The average Bonchev–Trinajstić information content (AvgIpc) is 3.10. The molecule has 1 heterocycles. The van der Waals surface area contributed by atoms with Crippen LogP contribution in [0.1, 0.15) is 48.9 Å². The predicted octanol–water partition coefficient (Wildman–Crippen LogP) is 4.54. The highest BCUT2D eigenvalue weighted by molar-refractivity contribution is 6.46. The zero-order valence-electron chi connectivity index (χ0n) is 20.2. The van der Waals surface area contributed by atoms with E-state index in [2.05, 4.69) is 6.92 Å². The van der Waals surface area contributed by atoms with Gasteiger partial charge in [0.2, 0.25) is 0 Å². The number of carbonyl (C=O) groups is 2. The molecule has 1 amide bonds. The Balaban J connectivity index is 2.08. The van der Waals surface area contributed by atoms with Crippen LogP contribution in [0, 0.1) is 17.0 Å². The van der Waals surface area contributed by atoms with E-state index in [9.17, 15) is 24.8 Å². The lowest BCUT2D eigenvalue weighted by atomic mass is 9.94. The lowest BCUT2D eigenvalue weighted by molar-refractivity contribution is -0.384.